The van der Waals surface area contributed by atoms with Crippen LogP contribution in [0.4, 0.5) is 0 Å². The lowest BCUT2D eigenvalue weighted by Crippen LogP contribution is -2.16. The van der Waals surface area contributed by atoms with Crippen LogP contribution >= 0.6 is 0 Å². The van der Waals surface area contributed by atoms with Crippen molar-refractivity contribution in [1.82, 2.24) is 5.32 Å². The number of aliphatic carboxylic acids is 1. The van der Waals surface area contributed by atoms with Crippen molar-refractivity contribution in [2.45, 2.75) is 19.4 Å². The van der Waals surface area contributed by atoms with Crippen LogP contribution in [0.1, 0.15) is 18.4 Å². The normalized spacial score (nSPS) is 10.1. The third kappa shape index (κ3) is 4.63. The van der Waals surface area contributed by atoms with Gasteiger partial charge in [-0.05, 0) is 31.2 Å². The first-order valence-corrected chi connectivity index (χ1v) is 5.80. The maximum absolute atomic E-state index is 10.4. The summed E-state index contributed by atoms with van der Waals surface area (Å²) in [7, 11) is 3.24. The van der Waals surface area contributed by atoms with Gasteiger partial charge in [0.25, 0.3) is 0 Å². The second-order valence-electron chi connectivity index (χ2n) is 3.85. The molecule has 0 radical (unpaired) electrons. The van der Waals surface area contributed by atoms with Gasteiger partial charge < -0.3 is 19.9 Å². The second kappa shape index (κ2) is 7.55. The van der Waals surface area contributed by atoms with E-state index in [1.165, 1.54) is 0 Å². The number of carboxylic acids is 1. The number of carboxylic acid groups (broad SMARTS) is 1. The molecule has 0 amide bonds. The number of hydrogen-bond donors (Lipinski definition) is 2. The quantitative estimate of drug-likeness (QED) is 0.690. The van der Waals surface area contributed by atoms with Crippen molar-refractivity contribution in [2.75, 3.05) is 20.8 Å². The molecule has 0 atom stereocenters. The molecule has 0 aliphatic rings. The fraction of sp³-hybridized carbons (Fsp3) is 0.462. The van der Waals surface area contributed by atoms with Crippen molar-refractivity contribution < 1.29 is 19.4 Å². The summed E-state index contributed by atoms with van der Waals surface area (Å²) in [4.78, 5) is 10.4. The molecular formula is C13H19NO4. The van der Waals surface area contributed by atoms with E-state index in [9.17, 15) is 4.79 Å². The Morgan fingerprint density at radius 3 is 2.72 bits per heavy atom. The van der Waals surface area contributed by atoms with Gasteiger partial charge >= 0.3 is 5.97 Å². The van der Waals surface area contributed by atoms with Gasteiger partial charge in [0.05, 0.1) is 14.2 Å². The summed E-state index contributed by atoms with van der Waals surface area (Å²) in [6.45, 7) is 1.28. The van der Waals surface area contributed by atoms with Gasteiger partial charge in [-0.25, -0.2) is 0 Å². The highest BCUT2D eigenvalue weighted by Crippen LogP contribution is 2.23. The van der Waals surface area contributed by atoms with E-state index in [1.807, 2.05) is 18.2 Å². The van der Waals surface area contributed by atoms with Crippen LogP contribution in [-0.2, 0) is 11.3 Å². The van der Waals surface area contributed by atoms with Gasteiger partial charge in [-0.3, -0.25) is 4.79 Å². The van der Waals surface area contributed by atoms with Crippen LogP contribution in [0.2, 0.25) is 0 Å². The maximum Gasteiger partial charge on any atom is 0.303 e. The Balaban J connectivity index is 2.47. The molecule has 0 fully saturated rings. The van der Waals surface area contributed by atoms with Crippen LogP contribution in [0.25, 0.3) is 0 Å². The molecule has 100 valence electrons. The van der Waals surface area contributed by atoms with Gasteiger partial charge in [0.1, 0.15) is 11.5 Å². The topological polar surface area (TPSA) is 67.8 Å². The summed E-state index contributed by atoms with van der Waals surface area (Å²) in [6.07, 6.45) is 0.795. The molecule has 0 heterocycles. The highest BCUT2D eigenvalue weighted by atomic mass is 16.5. The van der Waals surface area contributed by atoms with Crippen molar-refractivity contribution in [3.8, 4) is 11.5 Å². The van der Waals surface area contributed by atoms with Crippen LogP contribution in [0.3, 0.4) is 0 Å². The third-order valence-corrected chi connectivity index (χ3v) is 2.55. The van der Waals surface area contributed by atoms with Crippen LogP contribution in [0.15, 0.2) is 18.2 Å². The molecule has 1 aromatic carbocycles. The number of carbonyl (C=O) groups is 1. The lowest BCUT2D eigenvalue weighted by Gasteiger charge is -2.11. The van der Waals surface area contributed by atoms with Crippen molar-refractivity contribution in [1.29, 1.82) is 0 Å². The standard InChI is InChI=1S/C13H19NO4/c1-17-11-5-6-12(18-2)10(8-11)9-14-7-3-4-13(15)16/h5-6,8,14H,3-4,7,9H2,1-2H3,(H,15,16). The van der Waals surface area contributed by atoms with Crippen LogP contribution in [0.5, 0.6) is 11.5 Å². The van der Waals surface area contributed by atoms with E-state index in [-0.39, 0.29) is 6.42 Å². The summed E-state index contributed by atoms with van der Waals surface area (Å²) in [5, 5.41) is 11.7. The molecule has 2 N–H and O–H groups in total. The first-order chi connectivity index (χ1) is 8.67. The van der Waals surface area contributed by atoms with E-state index in [0.717, 1.165) is 17.1 Å². The van der Waals surface area contributed by atoms with Crippen molar-refractivity contribution in [2.24, 2.45) is 0 Å². The summed E-state index contributed by atoms with van der Waals surface area (Å²) >= 11 is 0. The van der Waals surface area contributed by atoms with Crippen molar-refractivity contribution >= 4 is 5.97 Å². The van der Waals surface area contributed by atoms with E-state index in [0.29, 0.717) is 19.5 Å². The lowest BCUT2D eigenvalue weighted by atomic mass is 10.2. The molecule has 0 unspecified atom stereocenters. The number of ether oxygens (including phenoxy) is 2. The Morgan fingerprint density at radius 2 is 2.11 bits per heavy atom. The molecule has 18 heavy (non-hydrogen) atoms. The summed E-state index contributed by atoms with van der Waals surface area (Å²) < 4.78 is 10.4. The minimum Gasteiger partial charge on any atom is -0.497 e. The molecule has 0 aliphatic carbocycles. The van der Waals surface area contributed by atoms with E-state index in [4.69, 9.17) is 14.6 Å². The lowest BCUT2D eigenvalue weighted by molar-refractivity contribution is -0.137. The average molecular weight is 253 g/mol. The molecule has 5 heteroatoms. The molecule has 5 nitrogen and oxygen atoms in total. The van der Waals surface area contributed by atoms with Gasteiger partial charge in [0.2, 0.25) is 0 Å². The maximum atomic E-state index is 10.4. The number of hydrogen-bond acceptors (Lipinski definition) is 4. The number of methoxy groups -OCH3 is 2. The highest BCUT2D eigenvalue weighted by molar-refractivity contribution is 5.66. The van der Waals surface area contributed by atoms with E-state index in [2.05, 4.69) is 5.32 Å². The Morgan fingerprint density at radius 1 is 1.33 bits per heavy atom. The number of benzene rings is 1. The predicted molar refractivity (Wildman–Crippen MR) is 68.1 cm³/mol. The molecule has 0 saturated carbocycles. The zero-order valence-electron chi connectivity index (χ0n) is 10.7. The summed E-state index contributed by atoms with van der Waals surface area (Å²) in [5.41, 5.74) is 0.993. The predicted octanol–water partition coefficient (Wildman–Crippen LogP) is 1.66. The van der Waals surface area contributed by atoms with Gasteiger partial charge in [-0.2, -0.15) is 0 Å². The summed E-state index contributed by atoms with van der Waals surface area (Å²) in [5.74, 6) is 0.801. The smallest absolute Gasteiger partial charge is 0.303 e. The molecule has 0 aromatic heterocycles. The Kier molecular flexibility index (Phi) is 6.00. The van der Waals surface area contributed by atoms with Crippen LogP contribution in [0, 0.1) is 0 Å². The monoisotopic (exact) mass is 253 g/mol. The van der Waals surface area contributed by atoms with E-state index < -0.39 is 5.97 Å². The largest absolute Gasteiger partial charge is 0.497 e. The van der Waals surface area contributed by atoms with Gasteiger partial charge in [-0.15, -0.1) is 0 Å². The molecule has 0 spiro atoms. The first-order valence-electron chi connectivity index (χ1n) is 5.80. The molecular weight excluding hydrogens is 234 g/mol. The Labute approximate surface area is 107 Å². The Bertz CT molecular complexity index is 393. The number of rotatable bonds is 8. The van der Waals surface area contributed by atoms with Crippen LogP contribution in [-0.4, -0.2) is 31.8 Å². The third-order valence-electron chi connectivity index (χ3n) is 2.55. The minimum atomic E-state index is -0.768. The molecule has 1 aromatic rings. The fourth-order valence-corrected chi connectivity index (χ4v) is 1.61. The van der Waals surface area contributed by atoms with Gasteiger partial charge in [0, 0.05) is 18.5 Å². The van der Waals surface area contributed by atoms with Crippen molar-refractivity contribution in [3.63, 3.8) is 0 Å². The average Bonchev–Trinajstić information content (AvgIpc) is 2.37. The van der Waals surface area contributed by atoms with Gasteiger partial charge in [-0.1, -0.05) is 0 Å². The first kappa shape index (κ1) is 14.3. The van der Waals surface area contributed by atoms with E-state index >= 15 is 0 Å². The van der Waals surface area contributed by atoms with Crippen molar-refractivity contribution in [3.05, 3.63) is 23.8 Å². The van der Waals surface area contributed by atoms with E-state index in [1.54, 1.807) is 14.2 Å². The number of nitrogens with one attached hydrogen (secondary N) is 1. The fourth-order valence-electron chi connectivity index (χ4n) is 1.61. The second-order valence-corrected chi connectivity index (χ2v) is 3.85. The molecule has 1 rings (SSSR count). The zero-order chi connectivity index (χ0) is 13.4. The molecule has 0 aliphatic heterocycles. The minimum absolute atomic E-state index is 0.183. The van der Waals surface area contributed by atoms with Crippen LogP contribution < -0.4 is 14.8 Å². The Hall–Kier alpha value is -1.75. The zero-order valence-corrected chi connectivity index (χ0v) is 10.7. The molecule has 0 saturated heterocycles. The highest BCUT2D eigenvalue weighted by Gasteiger charge is 2.04. The molecule has 0 bridgehead atoms. The van der Waals surface area contributed by atoms with Gasteiger partial charge in [0.15, 0.2) is 0 Å². The SMILES string of the molecule is COc1ccc(OC)c(CNCCCC(=O)O)c1. The summed E-state index contributed by atoms with van der Waals surface area (Å²) in [6, 6.07) is 5.60.